The van der Waals surface area contributed by atoms with Crippen molar-refractivity contribution in [3.63, 3.8) is 0 Å². The number of nitrogens with zero attached hydrogens (tertiary/aromatic N) is 3. The lowest BCUT2D eigenvalue weighted by atomic mass is 9.89. The van der Waals surface area contributed by atoms with E-state index in [-0.39, 0.29) is 30.2 Å². The molecular weight excluding hydrogens is 395 g/mol. The maximum atomic E-state index is 13.4. The smallest absolute Gasteiger partial charge is 0.227 e. The largest absolute Gasteiger partial charge is 0.342 e. The molecule has 2 aromatic rings. The molecule has 1 saturated carbocycles. The second-order valence-corrected chi connectivity index (χ2v) is 8.36. The molecule has 5 nitrogen and oxygen atoms in total. The molecule has 4 rings (SSSR count). The van der Waals surface area contributed by atoms with Crippen LogP contribution in [0, 0.1) is 11.8 Å². The first-order valence-corrected chi connectivity index (χ1v) is 10.2. The van der Waals surface area contributed by atoms with Gasteiger partial charge in [0.1, 0.15) is 0 Å². The van der Waals surface area contributed by atoms with Crippen LogP contribution in [0.1, 0.15) is 29.9 Å². The Kier molecular flexibility index (Phi) is 7.02. The third-order valence-corrected chi connectivity index (χ3v) is 6.01. The van der Waals surface area contributed by atoms with Gasteiger partial charge in [-0.15, -0.1) is 12.4 Å². The predicted molar refractivity (Wildman–Crippen MR) is 114 cm³/mol. The standard InChI is InChI=1S/C21H27ClN4O.ClH/c1-25-14-17(10-24-25)19-11-23-12-20(19)21(27)26(13-16-2-3-16)9-8-15-4-6-18(22)7-5-15;/h4-7,10,14,16,19-20,23H,2-3,8-9,11-13H2,1H3;1H/t19-,20+;/m1./s1. The van der Waals surface area contributed by atoms with Crippen molar-refractivity contribution < 1.29 is 4.79 Å². The molecule has 1 aliphatic carbocycles. The lowest BCUT2D eigenvalue weighted by Crippen LogP contribution is -2.41. The van der Waals surface area contributed by atoms with Gasteiger partial charge in [0.15, 0.2) is 0 Å². The quantitative estimate of drug-likeness (QED) is 0.744. The van der Waals surface area contributed by atoms with Crippen molar-refractivity contribution in [2.45, 2.75) is 25.2 Å². The molecule has 7 heteroatoms. The number of benzene rings is 1. The van der Waals surface area contributed by atoms with Crippen LogP contribution >= 0.6 is 24.0 Å². The van der Waals surface area contributed by atoms with Crippen molar-refractivity contribution >= 4 is 29.9 Å². The van der Waals surface area contributed by atoms with Crippen LogP contribution in [-0.4, -0.2) is 46.8 Å². The monoisotopic (exact) mass is 422 g/mol. The number of rotatable bonds is 7. The summed E-state index contributed by atoms with van der Waals surface area (Å²) in [6, 6.07) is 7.95. The molecule has 2 heterocycles. The third-order valence-electron chi connectivity index (χ3n) is 5.76. The Bertz CT molecular complexity index is 788. The Balaban J connectivity index is 0.00000225. The highest BCUT2D eigenvalue weighted by Gasteiger charge is 2.38. The van der Waals surface area contributed by atoms with Crippen LogP contribution in [0.2, 0.25) is 5.02 Å². The highest BCUT2D eigenvalue weighted by molar-refractivity contribution is 6.30. The number of hydrogen-bond acceptors (Lipinski definition) is 3. The summed E-state index contributed by atoms with van der Waals surface area (Å²) in [5.74, 6) is 1.18. The second kappa shape index (κ2) is 9.29. The molecule has 0 bridgehead atoms. The zero-order valence-electron chi connectivity index (χ0n) is 16.2. The number of amides is 1. The first kappa shape index (κ1) is 21.2. The van der Waals surface area contributed by atoms with Crippen LogP contribution in [0.5, 0.6) is 0 Å². The van der Waals surface area contributed by atoms with Gasteiger partial charge >= 0.3 is 0 Å². The van der Waals surface area contributed by atoms with Gasteiger partial charge in [-0.1, -0.05) is 23.7 Å². The summed E-state index contributed by atoms with van der Waals surface area (Å²) in [5.41, 5.74) is 2.38. The maximum absolute atomic E-state index is 13.4. The first-order valence-electron chi connectivity index (χ1n) is 9.82. The number of nitrogens with one attached hydrogen (secondary N) is 1. The zero-order chi connectivity index (χ0) is 18.8. The van der Waals surface area contributed by atoms with Gasteiger partial charge in [0.25, 0.3) is 0 Å². The van der Waals surface area contributed by atoms with Crippen LogP contribution in [0.3, 0.4) is 0 Å². The van der Waals surface area contributed by atoms with E-state index in [1.165, 1.54) is 18.4 Å². The number of carbonyl (C=O) groups is 1. The molecule has 1 N–H and O–H groups in total. The summed E-state index contributed by atoms with van der Waals surface area (Å²) in [6.07, 6.45) is 7.31. The van der Waals surface area contributed by atoms with E-state index in [1.54, 1.807) is 0 Å². The van der Waals surface area contributed by atoms with E-state index < -0.39 is 0 Å². The Labute approximate surface area is 177 Å². The van der Waals surface area contributed by atoms with Gasteiger partial charge in [-0.3, -0.25) is 9.48 Å². The molecule has 0 radical (unpaired) electrons. The van der Waals surface area contributed by atoms with E-state index in [0.717, 1.165) is 43.2 Å². The van der Waals surface area contributed by atoms with Crippen molar-refractivity contribution in [1.29, 1.82) is 0 Å². The SMILES string of the molecule is Cl.Cn1cc([C@H]2CNC[C@@H]2C(=O)N(CCc2ccc(Cl)cc2)CC2CC2)cn1. The maximum Gasteiger partial charge on any atom is 0.227 e. The normalized spacial score (nSPS) is 21.4. The molecule has 152 valence electrons. The lowest BCUT2D eigenvalue weighted by molar-refractivity contribution is -0.135. The highest BCUT2D eigenvalue weighted by atomic mass is 35.5. The van der Waals surface area contributed by atoms with Crippen LogP contribution in [0.4, 0.5) is 0 Å². The fourth-order valence-electron chi connectivity index (χ4n) is 3.97. The zero-order valence-corrected chi connectivity index (χ0v) is 17.8. The number of aryl methyl sites for hydroxylation is 1. The van der Waals surface area contributed by atoms with Gasteiger partial charge in [-0.2, -0.15) is 5.10 Å². The van der Waals surface area contributed by atoms with E-state index in [9.17, 15) is 4.79 Å². The van der Waals surface area contributed by atoms with Gasteiger partial charge in [-0.05, 0) is 48.4 Å². The molecule has 2 fully saturated rings. The lowest BCUT2D eigenvalue weighted by Gasteiger charge is -2.28. The molecule has 0 spiro atoms. The van der Waals surface area contributed by atoms with E-state index in [2.05, 4.69) is 27.4 Å². The van der Waals surface area contributed by atoms with Crippen molar-refractivity contribution in [2.24, 2.45) is 18.9 Å². The van der Waals surface area contributed by atoms with E-state index in [4.69, 9.17) is 11.6 Å². The van der Waals surface area contributed by atoms with Crippen molar-refractivity contribution in [3.05, 3.63) is 52.8 Å². The Morgan fingerprint density at radius 1 is 1.29 bits per heavy atom. The molecule has 0 unspecified atom stereocenters. The molecular formula is C21H28Cl2N4O. The minimum atomic E-state index is -0.00170. The number of hydrogen-bond donors (Lipinski definition) is 1. The van der Waals surface area contributed by atoms with Crippen LogP contribution < -0.4 is 5.32 Å². The molecule has 1 saturated heterocycles. The summed E-state index contributed by atoms with van der Waals surface area (Å²) in [6.45, 7) is 3.26. The van der Waals surface area contributed by atoms with Crippen molar-refractivity contribution in [2.75, 3.05) is 26.2 Å². The minimum absolute atomic E-state index is 0. The van der Waals surface area contributed by atoms with Gasteiger partial charge in [0.2, 0.25) is 5.91 Å². The molecule has 1 aromatic carbocycles. The number of halogens is 2. The van der Waals surface area contributed by atoms with Crippen molar-refractivity contribution in [1.82, 2.24) is 20.0 Å². The summed E-state index contributed by atoms with van der Waals surface area (Å²) < 4.78 is 1.82. The van der Waals surface area contributed by atoms with Gasteiger partial charge < -0.3 is 10.2 Å². The average Bonchev–Trinajstić information content (AvgIpc) is 3.16. The van der Waals surface area contributed by atoms with Gasteiger partial charge in [0, 0.05) is 50.4 Å². The number of carbonyl (C=O) groups excluding carboxylic acids is 1. The molecule has 2 atom stereocenters. The fourth-order valence-corrected chi connectivity index (χ4v) is 4.10. The Morgan fingerprint density at radius 3 is 2.68 bits per heavy atom. The van der Waals surface area contributed by atoms with Gasteiger partial charge in [-0.25, -0.2) is 0 Å². The van der Waals surface area contributed by atoms with Crippen molar-refractivity contribution in [3.8, 4) is 0 Å². The topological polar surface area (TPSA) is 50.2 Å². The number of aromatic nitrogens is 2. The second-order valence-electron chi connectivity index (χ2n) is 7.92. The summed E-state index contributed by atoms with van der Waals surface area (Å²) in [7, 11) is 1.92. The van der Waals surface area contributed by atoms with Crippen LogP contribution in [0.25, 0.3) is 0 Å². The first-order chi connectivity index (χ1) is 13.1. The van der Waals surface area contributed by atoms with E-state index in [1.807, 2.05) is 36.3 Å². The third kappa shape index (κ3) is 5.07. The summed E-state index contributed by atoms with van der Waals surface area (Å²) in [4.78, 5) is 15.5. The highest BCUT2D eigenvalue weighted by Crippen LogP contribution is 2.33. The van der Waals surface area contributed by atoms with Crippen LogP contribution in [0.15, 0.2) is 36.7 Å². The molecule has 2 aliphatic rings. The molecule has 1 amide bonds. The average molecular weight is 423 g/mol. The Hall–Kier alpha value is -1.56. The summed E-state index contributed by atoms with van der Waals surface area (Å²) in [5, 5.41) is 8.46. The van der Waals surface area contributed by atoms with E-state index >= 15 is 0 Å². The van der Waals surface area contributed by atoms with Crippen LogP contribution in [-0.2, 0) is 18.3 Å². The van der Waals surface area contributed by atoms with E-state index in [0.29, 0.717) is 5.92 Å². The Morgan fingerprint density at radius 2 is 2.04 bits per heavy atom. The van der Waals surface area contributed by atoms with Gasteiger partial charge in [0.05, 0.1) is 12.1 Å². The molecule has 1 aromatic heterocycles. The molecule has 28 heavy (non-hydrogen) atoms. The predicted octanol–water partition coefficient (Wildman–Crippen LogP) is 3.28. The minimum Gasteiger partial charge on any atom is -0.342 e. The fraction of sp³-hybridized carbons (Fsp3) is 0.524. The summed E-state index contributed by atoms with van der Waals surface area (Å²) >= 11 is 5.99. The molecule has 1 aliphatic heterocycles.